The fourth-order valence-electron chi connectivity index (χ4n) is 3.26. The van der Waals surface area contributed by atoms with Crippen LogP contribution in [0.25, 0.3) is 0 Å². The normalized spacial score (nSPS) is 18.3. The summed E-state index contributed by atoms with van der Waals surface area (Å²) in [4.78, 5) is 4.38. The van der Waals surface area contributed by atoms with Crippen LogP contribution in [0.2, 0.25) is 5.02 Å². The summed E-state index contributed by atoms with van der Waals surface area (Å²) in [6, 6.07) is 2.26. The molecule has 4 rings (SSSR count). The molecule has 2 bridgehead atoms. The molecule has 134 valence electrons. The van der Waals surface area contributed by atoms with Crippen molar-refractivity contribution in [2.24, 2.45) is 0 Å². The summed E-state index contributed by atoms with van der Waals surface area (Å²) in [5, 5.41) is 12.0. The van der Waals surface area contributed by atoms with E-state index in [4.69, 9.17) is 26.2 Å². The second-order valence-electron chi connectivity index (χ2n) is 6.36. The van der Waals surface area contributed by atoms with Crippen molar-refractivity contribution in [1.82, 2.24) is 14.8 Å². The molecule has 1 fully saturated rings. The molecule has 0 aromatic carbocycles. The molecule has 2 aromatic heterocycles. The molecule has 0 saturated carbocycles. The van der Waals surface area contributed by atoms with Crippen LogP contribution in [0.5, 0.6) is 5.88 Å². The third-order valence-corrected chi connectivity index (χ3v) is 4.94. The quantitative estimate of drug-likeness (QED) is 0.807. The molecule has 2 aliphatic rings. The van der Waals surface area contributed by atoms with E-state index in [1.165, 1.54) is 0 Å². The third kappa shape index (κ3) is 3.39. The highest BCUT2D eigenvalue weighted by atomic mass is 35.5. The van der Waals surface area contributed by atoms with Crippen molar-refractivity contribution < 1.29 is 9.47 Å². The SMILES string of the molecule is Cc1c2c(nn1C1CCOCC1)OCCCNc1cc(ncc1Cl)N2. The van der Waals surface area contributed by atoms with Gasteiger partial charge in [0.25, 0.3) is 5.88 Å². The van der Waals surface area contributed by atoms with Gasteiger partial charge in [-0.1, -0.05) is 11.6 Å². The van der Waals surface area contributed by atoms with Crippen LogP contribution in [-0.4, -0.2) is 41.1 Å². The topological polar surface area (TPSA) is 73.2 Å². The van der Waals surface area contributed by atoms with E-state index in [0.717, 1.165) is 56.1 Å². The number of pyridine rings is 1. The number of nitrogens with one attached hydrogen (secondary N) is 2. The minimum Gasteiger partial charge on any atom is -0.475 e. The first-order chi connectivity index (χ1) is 12.2. The summed E-state index contributed by atoms with van der Waals surface area (Å²) >= 11 is 6.22. The van der Waals surface area contributed by atoms with Crippen LogP contribution in [0.3, 0.4) is 0 Å². The van der Waals surface area contributed by atoms with E-state index in [1.807, 2.05) is 6.07 Å². The summed E-state index contributed by atoms with van der Waals surface area (Å²) < 4.78 is 13.5. The Hall–Kier alpha value is -1.99. The van der Waals surface area contributed by atoms with Gasteiger partial charge in [0.05, 0.1) is 35.2 Å². The Bertz CT molecular complexity index is 758. The van der Waals surface area contributed by atoms with Gasteiger partial charge in [0.1, 0.15) is 11.5 Å². The smallest absolute Gasteiger partial charge is 0.257 e. The Labute approximate surface area is 151 Å². The average molecular weight is 364 g/mol. The monoisotopic (exact) mass is 363 g/mol. The molecule has 0 atom stereocenters. The first-order valence-corrected chi connectivity index (χ1v) is 9.06. The van der Waals surface area contributed by atoms with Gasteiger partial charge in [0.15, 0.2) is 0 Å². The van der Waals surface area contributed by atoms with Gasteiger partial charge in [-0.15, -0.1) is 5.10 Å². The van der Waals surface area contributed by atoms with Crippen molar-refractivity contribution in [3.8, 4) is 5.88 Å². The van der Waals surface area contributed by atoms with Gasteiger partial charge in [-0.2, -0.15) is 0 Å². The molecular weight excluding hydrogens is 342 g/mol. The standard InChI is InChI=1S/C17H22ClN5O2/c1-11-16-17(22-23(11)12-3-7-24-8-4-12)25-6-2-5-19-14-9-15(21-16)20-10-13(14)18/h9-10,12,19H,2-8H2,1H3,(H,20,21). The molecule has 0 unspecified atom stereocenters. The van der Waals surface area contributed by atoms with Crippen LogP contribution in [0.1, 0.15) is 31.0 Å². The van der Waals surface area contributed by atoms with Crippen molar-refractivity contribution in [2.75, 3.05) is 37.0 Å². The summed E-state index contributed by atoms with van der Waals surface area (Å²) in [6.07, 6.45) is 4.45. The lowest BCUT2D eigenvalue weighted by atomic mass is 10.1. The highest BCUT2D eigenvalue weighted by Gasteiger charge is 2.24. The molecule has 1 saturated heterocycles. The van der Waals surface area contributed by atoms with E-state index in [2.05, 4.69) is 27.2 Å². The largest absolute Gasteiger partial charge is 0.475 e. The lowest BCUT2D eigenvalue weighted by Gasteiger charge is -2.23. The van der Waals surface area contributed by atoms with Gasteiger partial charge in [0, 0.05) is 25.8 Å². The number of hydrogen-bond acceptors (Lipinski definition) is 6. The van der Waals surface area contributed by atoms with Gasteiger partial charge >= 0.3 is 0 Å². The van der Waals surface area contributed by atoms with Crippen molar-refractivity contribution in [3.05, 3.63) is 23.0 Å². The highest BCUT2D eigenvalue weighted by molar-refractivity contribution is 6.33. The van der Waals surface area contributed by atoms with Crippen LogP contribution < -0.4 is 15.4 Å². The van der Waals surface area contributed by atoms with Crippen LogP contribution in [0, 0.1) is 6.92 Å². The lowest BCUT2D eigenvalue weighted by Crippen LogP contribution is -2.21. The summed E-state index contributed by atoms with van der Waals surface area (Å²) in [6.45, 7) is 4.98. The Morgan fingerprint density at radius 1 is 1.28 bits per heavy atom. The van der Waals surface area contributed by atoms with Gasteiger partial charge in [-0.05, 0) is 26.2 Å². The first-order valence-electron chi connectivity index (χ1n) is 8.68. The van der Waals surface area contributed by atoms with Crippen LogP contribution >= 0.6 is 11.6 Å². The molecule has 2 N–H and O–H groups in total. The van der Waals surface area contributed by atoms with Crippen molar-refractivity contribution in [3.63, 3.8) is 0 Å². The van der Waals surface area contributed by atoms with Gasteiger partial charge < -0.3 is 20.1 Å². The minimum absolute atomic E-state index is 0.343. The van der Waals surface area contributed by atoms with Gasteiger partial charge in [-0.25, -0.2) is 4.98 Å². The number of fused-ring (bicyclic) bond motifs is 3. The van der Waals surface area contributed by atoms with Gasteiger partial charge in [0.2, 0.25) is 0 Å². The van der Waals surface area contributed by atoms with Crippen LogP contribution in [-0.2, 0) is 4.74 Å². The fourth-order valence-corrected chi connectivity index (χ4v) is 3.43. The molecule has 2 aliphatic heterocycles. The number of aromatic nitrogens is 3. The Morgan fingerprint density at radius 2 is 2.12 bits per heavy atom. The number of ether oxygens (including phenoxy) is 2. The van der Waals surface area contributed by atoms with Gasteiger partial charge in [-0.3, -0.25) is 4.68 Å². The maximum absolute atomic E-state index is 6.22. The first kappa shape index (κ1) is 16.5. The zero-order valence-corrected chi connectivity index (χ0v) is 15.0. The molecule has 2 aromatic rings. The zero-order valence-electron chi connectivity index (χ0n) is 14.2. The molecular formula is C17H22ClN5O2. The Balaban J connectivity index is 1.71. The van der Waals surface area contributed by atoms with E-state index in [0.29, 0.717) is 29.4 Å². The summed E-state index contributed by atoms with van der Waals surface area (Å²) in [5.41, 5.74) is 2.79. The number of nitrogens with zero attached hydrogens (tertiary/aromatic N) is 3. The van der Waals surface area contributed by atoms with Crippen LogP contribution in [0.4, 0.5) is 17.2 Å². The number of halogens is 1. The van der Waals surface area contributed by atoms with Crippen molar-refractivity contribution in [1.29, 1.82) is 0 Å². The molecule has 0 aliphatic carbocycles. The second-order valence-corrected chi connectivity index (χ2v) is 6.76. The molecule has 0 spiro atoms. The maximum atomic E-state index is 6.22. The number of hydrogen-bond donors (Lipinski definition) is 2. The van der Waals surface area contributed by atoms with E-state index in [-0.39, 0.29) is 0 Å². The third-order valence-electron chi connectivity index (χ3n) is 4.64. The van der Waals surface area contributed by atoms with E-state index >= 15 is 0 Å². The predicted octanol–water partition coefficient (Wildman–Crippen LogP) is 3.53. The fraction of sp³-hybridized carbons (Fsp3) is 0.529. The van der Waals surface area contributed by atoms with Crippen molar-refractivity contribution in [2.45, 2.75) is 32.2 Å². The van der Waals surface area contributed by atoms with Crippen LogP contribution in [0.15, 0.2) is 12.3 Å². The summed E-state index contributed by atoms with van der Waals surface area (Å²) in [7, 11) is 0. The molecule has 0 amide bonds. The van der Waals surface area contributed by atoms with E-state index < -0.39 is 0 Å². The molecule has 25 heavy (non-hydrogen) atoms. The van der Waals surface area contributed by atoms with Crippen molar-refractivity contribution >= 4 is 28.8 Å². The molecule has 0 radical (unpaired) electrons. The minimum atomic E-state index is 0.343. The Morgan fingerprint density at radius 3 is 2.96 bits per heavy atom. The zero-order chi connectivity index (χ0) is 17.2. The lowest BCUT2D eigenvalue weighted by molar-refractivity contribution is 0.0652. The summed E-state index contributed by atoms with van der Waals surface area (Å²) in [5.74, 6) is 1.34. The number of rotatable bonds is 1. The maximum Gasteiger partial charge on any atom is 0.257 e. The molecule has 7 nitrogen and oxygen atoms in total. The second kappa shape index (κ2) is 7.09. The molecule has 8 heteroatoms. The van der Waals surface area contributed by atoms with E-state index in [1.54, 1.807) is 6.20 Å². The predicted molar refractivity (Wildman–Crippen MR) is 97.2 cm³/mol. The highest BCUT2D eigenvalue weighted by Crippen LogP contribution is 2.35. The average Bonchev–Trinajstić information content (AvgIpc) is 2.92. The van der Waals surface area contributed by atoms with E-state index in [9.17, 15) is 0 Å². The molecule has 4 heterocycles. The Kier molecular flexibility index (Phi) is 4.67. The number of anilines is 3.